The van der Waals surface area contributed by atoms with Gasteiger partial charge >= 0.3 is 5.97 Å². The van der Waals surface area contributed by atoms with E-state index in [0.717, 1.165) is 32.1 Å². The first-order chi connectivity index (χ1) is 6.66. The predicted octanol–water partition coefficient (Wildman–Crippen LogP) is 1.93. The van der Waals surface area contributed by atoms with E-state index in [0.29, 0.717) is 6.42 Å². The van der Waals surface area contributed by atoms with Gasteiger partial charge < -0.3 is 5.11 Å². The fourth-order valence-corrected chi connectivity index (χ4v) is 3.88. The Bertz CT molecular complexity index is 221. The molecule has 1 aliphatic carbocycles. The van der Waals surface area contributed by atoms with Crippen molar-refractivity contribution in [1.29, 1.82) is 0 Å². The Hall–Kier alpha value is -0.380. The number of rotatable bonds is 5. The van der Waals surface area contributed by atoms with E-state index in [2.05, 4.69) is 0 Å². The van der Waals surface area contributed by atoms with Crippen molar-refractivity contribution < 1.29 is 14.1 Å². The first kappa shape index (κ1) is 11.7. The van der Waals surface area contributed by atoms with Gasteiger partial charge in [0.1, 0.15) is 5.25 Å². The maximum atomic E-state index is 11.9. The third-order valence-corrected chi connectivity index (χ3v) is 4.86. The van der Waals surface area contributed by atoms with E-state index in [1.54, 1.807) is 0 Å². The Morgan fingerprint density at radius 1 is 1.50 bits per heavy atom. The van der Waals surface area contributed by atoms with E-state index < -0.39 is 22.0 Å². The zero-order chi connectivity index (χ0) is 10.6. The molecule has 14 heavy (non-hydrogen) atoms. The van der Waals surface area contributed by atoms with Crippen molar-refractivity contribution >= 4 is 16.8 Å². The monoisotopic (exact) mass is 218 g/mol. The Kier molecular flexibility index (Phi) is 4.58. The number of aliphatic carboxylic acids is 1. The fourth-order valence-electron chi connectivity index (χ4n) is 1.95. The van der Waals surface area contributed by atoms with Crippen LogP contribution in [0, 0.1) is 0 Å². The maximum absolute atomic E-state index is 11.9. The topological polar surface area (TPSA) is 54.4 Å². The van der Waals surface area contributed by atoms with Crippen LogP contribution in [0.3, 0.4) is 0 Å². The standard InChI is InChI=1S/C10H18O3S/c1-2-5-9(10(11)12)14(13)8-6-3-4-7-8/h8-9H,2-7H2,1H3,(H,11,12). The Morgan fingerprint density at radius 3 is 2.50 bits per heavy atom. The van der Waals surface area contributed by atoms with Gasteiger partial charge in [-0.15, -0.1) is 0 Å². The van der Waals surface area contributed by atoms with Crippen LogP contribution in [0.15, 0.2) is 0 Å². The summed E-state index contributed by atoms with van der Waals surface area (Å²) in [6.45, 7) is 1.93. The highest BCUT2D eigenvalue weighted by atomic mass is 32.2. The third kappa shape index (κ3) is 2.80. The molecule has 0 aromatic heterocycles. The van der Waals surface area contributed by atoms with Crippen molar-refractivity contribution in [1.82, 2.24) is 0 Å². The van der Waals surface area contributed by atoms with Gasteiger partial charge in [0.15, 0.2) is 0 Å². The molecule has 0 aromatic rings. The molecule has 1 rings (SSSR count). The molecule has 2 atom stereocenters. The smallest absolute Gasteiger partial charge is 0.319 e. The van der Waals surface area contributed by atoms with Gasteiger partial charge in [0.25, 0.3) is 0 Å². The zero-order valence-corrected chi connectivity index (χ0v) is 9.39. The van der Waals surface area contributed by atoms with E-state index in [1.807, 2.05) is 6.92 Å². The molecule has 0 bridgehead atoms. The van der Waals surface area contributed by atoms with Gasteiger partial charge in [0.05, 0.1) is 0 Å². The van der Waals surface area contributed by atoms with E-state index in [1.165, 1.54) is 0 Å². The van der Waals surface area contributed by atoms with Gasteiger partial charge in [-0.1, -0.05) is 26.2 Å². The highest BCUT2D eigenvalue weighted by Crippen LogP contribution is 2.26. The van der Waals surface area contributed by atoms with Crippen LogP contribution in [-0.2, 0) is 15.6 Å². The van der Waals surface area contributed by atoms with Gasteiger partial charge in [-0.05, 0) is 19.3 Å². The predicted molar refractivity (Wildman–Crippen MR) is 56.7 cm³/mol. The number of carboxylic acid groups (broad SMARTS) is 1. The molecule has 0 heterocycles. The van der Waals surface area contributed by atoms with Crippen molar-refractivity contribution in [2.75, 3.05) is 0 Å². The summed E-state index contributed by atoms with van der Waals surface area (Å²) in [6, 6.07) is 0. The summed E-state index contributed by atoms with van der Waals surface area (Å²) in [6.07, 6.45) is 5.43. The van der Waals surface area contributed by atoms with Gasteiger partial charge in [0, 0.05) is 16.0 Å². The average Bonchev–Trinajstić information content (AvgIpc) is 2.65. The Labute approximate surface area is 87.3 Å². The molecule has 1 fully saturated rings. The summed E-state index contributed by atoms with van der Waals surface area (Å²) in [5.41, 5.74) is 0. The molecule has 1 aliphatic rings. The molecule has 0 saturated heterocycles. The minimum Gasteiger partial charge on any atom is -0.480 e. The lowest BCUT2D eigenvalue weighted by Crippen LogP contribution is -2.31. The largest absolute Gasteiger partial charge is 0.480 e. The van der Waals surface area contributed by atoms with Crippen molar-refractivity contribution in [2.45, 2.75) is 55.9 Å². The first-order valence-electron chi connectivity index (χ1n) is 5.29. The molecule has 0 aliphatic heterocycles. The van der Waals surface area contributed by atoms with Crippen LogP contribution in [0.2, 0.25) is 0 Å². The van der Waals surface area contributed by atoms with Crippen LogP contribution in [-0.4, -0.2) is 25.8 Å². The number of hydrogen-bond acceptors (Lipinski definition) is 2. The van der Waals surface area contributed by atoms with Crippen molar-refractivity contribution in [3.8, 4) is 0 Å². The highest BCUT2D eigenvalue weighted by Gasteiger charge is 2.31. The van der Waals surface area contributed by atoms with Gasteiger partial charge in [-0.3, -0.25) is 9.00 Å². The molecular formula is C10H18O3S. The molecule has 4 heteroatoms. The Morgan fingerprint density at radius 2 is 2.07 bits per heavy atom. The Balaban J connectivity index is 2.57. The van der Waals surface area contributed by atoms with Gasteiger partial charge in [-0.25, -0.2) is 0 Å². The lowest BCUT2D eigenvalue weighted by molar-refractivity contribution is -0.136. The SMILES string of the molecule is CCCC(C(=O)O)S(=O)C1CCCC1. The second kappa shape index (κ2) is 5.49. The summed E-state index contributed by atoms with van der Waals surface area (Å²) >= 11 is 0. The van der Waals surface area contributed by atoms with Crippen LogP contribution in [0.1, 0.15) is 45.4 Å². The summed E-state index contributed by atoms with van der Waals surface area (Å²) in [5, 5.41) is 8.45. The van der Waals surface area contributed by atoms with E-state index >= 15 is 0 Å². The molecule has 0 amide bonds. The van der Waals surface area contributed by atoms with Crippen LogP contribution in [0.25, 0.3) is 0 Å². The number of carboxylic acids is 1. The van der Waals surface area contributed by atoms with Crippen molar-refractivity contribution in [3.63, 3.8) is 0 Å². The second-order valence-corrected chi connectivity index (χ2v) is 5.74. The fraction of sp³-hybridized carbons (Fsp3) is 0.900. The van der Waals surface area contributed by atoms with E-state index in [4.69, 9.17) is 5.11 Å². The summed E-state index contributed by atoms with van der Waals surface area (Å²) in [7, 11) is -1.16. The van der Waals surface area contributed by atoms with Crippen LogP contribution in [0.4, 0.5) is 0 Å². The molecule has 1 N–H and O–H groups in total. The average molecular weight is 218 g/mol. The van der Waals surface area contributed by atoms with Gasteiger partial charge in [-0.2, -0.15) is 0 Å². The van der Waals surface area contributed by atoms with Crippen LogP contribution < -0.4 is 0 Å². The third-order valence-electron chi connectivity index (χ3n) is 2.74. The van der Waals surface area contributed by atoms with Crippen molar-refractivity contribution in [3.05, 3.63) is 0 Å². The normalized spacial score (nSPS) is 22.1. The van der Waals surface area contributed by atoms with E-state index in [9.17, 15) is 9.00 Å². The summed E-state index contributed by atoms with van der Waals surface area (Å²) in [5.74, 6) is -0.892. The molecular weight excluding hydrogens is 200 g/mol. The van der Waals surface area contributed by atoms with Crippen LogP contribution in [0.5, 0.6) is 0 Å². The molecule has 1 saturated carbocycles. The second-order valence-electron chi connectivity index (χ2n) is 3.85. The lowest BCUT2D eigenvalue weighted by Gasteiger charge is -2.15. The molecule has 82 valence electrons. The molecule has 0 spiro atoms. The zero-order valence-electron chi connectivity index (χ0n) is 8.57. The minimum absolute atomic E-state index is 0.141. The summed E-state index contributed by atoms with van der Waals surface area (Å²) < 4.78 is 11.9. The molecule has 2 unspecified atom stereocenters. The summed E-state index contributed by atoms with van der Waals surface area (Å²) in [4.78, 5) is 10.9. The quantitative estimate of drug-likeness (QED) is 0.767. The molecule has 3 nitrogen and oxygen atoms in total. The van der Waals surface area contributed by atoms with Crippen LogP contribution >= 0.6 is 0 Å². The molecule has 0 aromatic carbocycles. The number of hydrogen-bond donors (Lipinski definition) is 1. The van der Waals surface area contributed by atoms with Gasteiger partial charge in [0.2, 0.25) is 0 Å². The molecule has 0 radical (unpaired) electrons. The van der Waals surface area contributed by atoms with E-state index in [-0.39, 0.29) is 5.25 Å². The highest BCUT2D eigenvalue weighted by molar-refractivity contribution is 7.87. The first-order valence-corrected chi connectivity index (χ1v) is 6.56. The number of carbonyl (C=O) groups is 1. The van der Waals surface area contributed by atoms with Crippen molar-refractivity contribution in [2.24, 2.45) is 0 Å². The minimum atomic E-state index is -1.16. The maximum Gasteiger partial charge on any atom is 0.319 e. The lowest BCUT2D eigenvalue weighted by atomic mass is 10.2.